The molecule has 0 unspecified atom stereocenters. The molecular weight excluding hydrogens is 356 g/mol. The largest absolute Gasteiger partial charge is 0.378 e. The molecule has 0 aliphatic rings. The van der Waals surface area contributed by atoms with E-state index in [1.807, 2.05) is 26.0 Å². The van der Waals surface area contributed by atoms with Crippen LogP contribution >= 0.6 is 15.9 Å². The van der Waals surface area contributed by atoms with Gasteiger partial charge in [-0.1, -0.05) is 12.1 Å². The van der Waals surface area contributed by atoms with Crippen LogP contribution in [0.3, 0.4) is 0 Å². The predicted molar refractivity (Wildman–Crippen MR) is 87.9 cm³/mol. The summed E-state index contributed by atoms with van der Waals surface area (Å²) in [6.07, 6.45) is 1.65. The molecule has 0 aliphatic carbocycles. The Morgan fingerprint density at radius 3 is 2.86 bits per heavy atom. The summed E-state index contributed by atoms with van der Waals surface area (Å²) in [4.78, 5) is 4.27. The molecule has 0 saturated heterocycles. The highest BCUT2D eigenvalue weighted by atomic mass is 79.9. The van der Waals surface area contributed by atoms with E-state index in [0.29, 0.717) is 11.2 Å². The third-order valence-corrected chi connectivity index (χ3v) is 4.42. The minimum absolute atomic E-state index is 0.0109. The Hall–Kier alpha value is -1.18. The van der Waals surface area contributed by atoms with Crippen LogP contribution in [0.15, 0.2) is 34.9 Å². The minimum Gasteiger partial charge on any atom is -0.378 e. The number of aromatic nitrogens is 1. The Morgan fingerprint density at radius 1 is 1.38 bits per heavy atom. The standard InChI is InChI=1S/C14H17BrN2O3S/c1-10(2)20-6-7-21(18,19)17-13-5-3-4-11-8-12(15)9-16-14(11)13/h3-5,8-10,17H,6-7H2,1-2H3. The maximum atomic E-state index is 12.1. The van der Waals surface area contributed by atoms with Crippen molar-refractivity contribution in [3.05, 3.63) is 34.9 Å². The zero-order valence-electron chi connectivity index (χ0n) is 11.8. The summed E-state index contributed by atoms with van der Waals surface area (Å²) in [6, 6.07) is 7.26. The number of hydrogen-bond donors (Lipinski definition) is 1. The number of para-hydroxylation sites is 1. The van der Waals surface area contributed by atoms with Crippen molar-refractivity contribution in [1.82, 2.24) is 4.98 Å². The summed E-state index contributed by atoms with van der Waals surface area (Å²) >= 11 is 3.35. The van der Waals surface area contributed by atoms with Crippen molar-refractivity contribution in [2.75, 3.05) is 17.1 Å². The molecule has 7 heteroatoms. The highest BCUT2D eigenvalue weighted by Gasteiger charge is 2.13. The van der Waals surface area contributed by atoms with Gasteiger partial charge in [0.1, 0.15) is 0 Å². The van der Waals surface area contributed by atoms with Gasteiger partial charge in [-0.2, -0.15) is 0 Å². The SMILES string of the molecule is CC(C)OCCS(=O)(=O)Nc1cccc2cc(Br)cnc12. The number of sulfonamides is 1. The topological polar surface area (TPSA) is 68.3 Å². The molecular formula is C14H17BrN2O3S. The molecule has 0 atom stereocenters. The van der Waals surface area contributed by atoms with Crippen molar-refractivity contribution in [3.63, 3.8) is 0 Å². The van der Waals surface area contributed by atoms with Gasteiger partial charge in [0.25, 0.3) is 0 Å². The lowest BCUT2D eigenvalue weighted by Crippen LogP contribution is -2.21. The summed E-state index contributed by atoms with van der Waals surface area (Å²) in [5.41, 5.74) is 1.10. The molecule has 2 rings (SSSR count). The van der Waals surface area contributed by atoms with Crippen molar-refractivity contribution in [2.45, 2.75) is 20.0 Å². The van der Waals surface area contributed by atoms with E-state index in [4.69, 9.17) is 4.74 Å². The van der Waals surface area contributed by atoms with Gasteiger partial charge in [0.05, 0.1) is 29.7 Å². The van der Waals surface area contributed by atoms with Crippen LogP contribution in [0.5, 0.6) is 0 Å². The average molecular weight is 373 g/mol. The van der Waals surface area contributed by atoms with Crippen LogP contribution in [-0.2, 0) is 14.8 Å². The number of rotatable bonds is 6. The second kappa shape index (κ2) is 6.72. The number of fused-ring (bicyclic) bond motifs is 1. The fourth-order valence-corrected chi connectivity index (χ4v) is 3.09. The molecule has 1 aromatic carbocycles. The number of nitrogens with one attached hydrogen (secondary N) is 1. The van der Waals surface area contributed by atoms with Crippen molar-refractivity contribution in [1.29, 1.82) is 0 Å². The van der Waals surface area contributed by atoms with Gasteiger partial charge in [0.15, 0.2) is 0 Å². The molecule has 0 fully saturated rings. The highest BCUT2D eigenvalue weighted by Crippen LogP contribution is 2.24. The maximum Gasteiger partial charge on any atom is 0.235 e. The van der Waals surface area contributed by atoms with E-state index < -0.39 is 10.0 Å². The Labute approximate surface area is 132 Å². The van der Waals surface area contributed by atoms with Crippen LogP contribution < -0.4 is 4.72 Å². The molecule has 21 heavy (non-hydrogen) atoms. The predicted octanol–water partition coefficient (Wildman–Crippen LogP) is 3.16. The molecule has 114 valence electrons. The first-order valence-electron chi connectivity index (χ1n) is 6.54. The first-order chi connectivity index (χ1) is 9.87. The van der Waals surface area contributed by atoms with Gasteiger partial charge in [-0.15, -0.1) is 0 Å². The van der Waals surface area contributed by atoms with E-state index in [-0.39, 0.29) is 18.5 Å². The summed E-state index contributed by atoms with van der Waals surface area (Å²) < 4.78 is 32.8. The van der Waals surface area contributed by atoms with Gasteiger partial charge in [-0.25, -0.2) is 8.42 Å². The molecule has 0 amide bonds. The molecule has 1 heterocycles. The van der Waals surface area contributed by atoms with E-state index >= 15 is 0 Å². The zero-order chi connectivity index (χ0) is 15.5. The molecule has 0 bridgehead atoms. The summed E-state index contributed by atoms with van der Waals surface area (Å²) in [5, 5.41) is 0.864. The third-order valence-electron chi connectivity index (χ3n) is 2.75. The molecule has 0 saturated carbocycles. The second-order valence-electron chi connectivity index (χ2n) is 4.87. The number of pyridine rings is 1. The van der Waals surface area contributed by atoms with Crippen LogP contribution in [0.25, 0.3) is 10.9 Å². The first kappa shape index (κ1) is 16.2. The van der Waals surface area contributed by atoms with E-state index in [1.54, 1.807) is 18.3 Å². The zero-order valence-corrected chi connectivity index (χ0v) is 14.2. The van der Waals surface area contributed by atoms with Crippen LogP contribution in [0, 0.1) is 0 Å². The molecule has 0 aliphatic heterocycles. The fourth-order valence-electron chi connectivity index (χ4n) is 1.83. The number of anilines is 1. The quantitative estimate of drug-likeness (QED) is 0.845. The van der Waals surface area contributed by atoms with Crippen molar-refractivity contribution < 1.29 is 13.2 Å². The van der Waals surface area contributed by atoms with Gasteiger partial charge in [0.2, 0.25) is 10.0 Å². The van der Waals surface area contributed by atoms with E-state index in [2.05, 4.69) is 25.6 Å². The van der Waals surface area contributed by atoms with Crippen LogP contribution in [-0.4, -0.2) is 31.9 Å². The van der Waals surface area contributed by atoms with Gasteiger partial charge in [0, 0.05) is 16.1 Å². The van der Waals surface area contributed by atoms with Crippen molar-refractivity contribution >= 4 is 42.5 Å². The Bertz CT molecular complexity index is 732. The van der Waals surface area contributed by atoms with Crippen molar-refractivity contribution in [2.24, 2.45) is 0 Å². The summed E-state index contributed by atoms with van der Waals surface area (Å²) in [6.45, 7) is 3.90. The summed E-state index contributed by atoms with van der Waals surface area (Å²) in [7, 11) is -3.46. The second-order valence-corrected chi connectivity index (χ2v) is 7.63. The van der Waals surface area contributed by atoms with E-state index in [9.17, 15) is 8.42 Å². The number of hydrogen-bond acceptors (Lipinski definition) is 4. The molecule has 2 aromatic rings. The number of ether oxygens (including phenoxy) is 1. The summed E-state index contributed by atoms with van der Waals surface area (Å²) in [5.74, 6) is -0.0852. The maximum absolute atomic E-state index is 12.1. The lowest BCUT2D eigenvalue weighted by Gasteiger charge is -2.11. The van der Waals surface area contributed by atoms with E-state index in [0.717, 1.165) is 9.86 Å². The first-order valence-corrected chi connectivity index (χ1v) is 8.98. The Kier molecular flexibility index (Phi) is 5.18. The smallest absolute Gasteiger partial charge is 0.235 e. The van der Waals surface area contributed by atoms with Gasteiger partial charge >= 0.3 is 0 Å². The number of halogens is 1. The van der Waals surface area contributed by atoms with E-state index in [1.165, 1.54) is 0 Å². The monoisotopic (exact) mass is 372 g/mol. The Balaban J connectivity index is 2.19. The number of benzene rings is 1. The molecule has 0 radical (unpaired) electrons. The van der Waals surface area contributed by atoms with Crippen molar-refractivity contribution in [3.8, 4) is 0 Å². The lowest BCUT2D eigenvalue weighted by molar-refractivity contribution is 0.0913. The molecule has 1 N–H and O–H groups in total. The third kappa shape index (κ3) is 4.66. The number of nitrogens with zero attached hydrogens (tertiary/aromatic N) is 1. The van der Waals surface area contributed by atoms with Crippen LogP contribution in [0.2, 0.25) is 0 Å². The normalized spacial score (nSPS) is 12.0. The molecule has 5 nitrogen and oxygen atoms in total. The van der Waals surface area contributed by atoms with Gasteiger partial charge in [-0.05, 0) is 41.9 Å². The molecule has 1 aromatic heterocycles. The lowest BCUT2D eigenvalue weighted by atomic mass is 10.2. The van der Waals surface area contributed by atoms with Crippen LogP contribution in [0.1, 0.15) is 13.8 Å². The minimum atomic E-state index is -3.46. The average Bonchev–Trinajstić information content (AvgIpc) is 2.37. The van der Waals surface area contributed by atoms with Gasteiger partial charge < -0.3 is 4.74 Å². The highest BCUT2D eigenvalue weighted by molar-refractivity contribution is 9.10. The van der Waals surface area contributed by atoms with Crippen LogP contribution in [0.4, 0.5) is 5.69 Å². The van der Waals surface area contributed by atoms with Gasteiger partial charge in [-0.3, -0.25) is 9.71 Å². The fraction of sp³-hybridized carbons (Fsp3) is 0.357. The molecule has 0 spiro atoms. The Morgan fingerprint density at radius 2 is 2.14 bits per heavy atom.